The highest BCUT2D eigenvalue weighted by molar-refractivity contribution is 5.46. The molecule has 21 heavy (non-hydrogen) atoms. The van der Waals surface area contributed by atoms with Crippen molar-refractivity contribution in [1.29, 1.82) is 0 Å². The summed E-state index contributed by atoms with van der Waals surface area (Å²) in [7, 11) is 0. The summed E-state index contributed by atoms with van der Waals surface area (Å²) in [6, 6.07) is 5.24. The van der Waals surface area contributed by atoms with E-state index in [-0.39, 0.29) is 12.2 Å². The van der Waals surface area contributed by atoms with E-state index in [1.807, 2.05) is 19.1 Å². The van der Waals surface area contributed by atoms with Gasteiger partial charge in [-0.05, 0) is 18.6 Å². The molecule has 7 nitrogen and oxygen atoms in total. The van der Waals surface area contributed by atoms with E-state index in [1.54, 1.807) is 17.1 Å². The highest BCUT2D eigenvalue weighted by Gasteiger charge is 2.06. The number of hydrogen-bond acceptors (Lipinski definition) is 5. The summed E-state index contributed by atoms with van der Waals surface area (Å²) in [5.74, 6) is 0. The average molecular weight is 285 g/mol. The largest absolute Gasteiger partial charge is 0.396 e. The molecule has 3 aromatic heterocycles. The summed E-state index contributed by atoms with van der Waals surface area (Å²) in [6.45, 7) is 2.33. The van der Waals surface area contributed by atoms with Crippen LogP contribution >= 0.6 is 0 Å². The molecule has 0 saturated heterocycles. The second kappa shape index (κ2) is 5.45. The third kappa shape index (κ3) is 2.68. The van der Waals surface area contributed by atoms with Crippen LogP contribution in [0.2, 0.25) is 0 Å². The summed E-state index contributed by atoms with van der Waals surface area (Å²) < 4.78 is 3.14. The van der Waals surface area contributed by atoms with Gasteiger partial charge in [-0.15, -0.1) is 5.10 Å². The summed E-state index contributed by atoms with van der Waals surface area (Å²) in [6.07, 6.45) is 3.92. The Bertz CT molecular complexity index is 837. The Balaban J connectivity index is 1.97. The van der Waals surface area contributed by atoms with Gasteiger partial charge in [-0.3, -0.25) is 9.20 Å². The Morgan fingerprint density at radius 1 is 1.33 bits per heavy atom. The molecule has 7 heteroatoms. The number of fused-ring (bicyclic) bond motifs is 1. The topological polar surface area (TPSA) is 85.3 Å². The first-order chi connectivity index (χ1) is 10.2. The van der Waals surface area contributed by atoms with Crippen molar-refractivity contribution in [3.8, 4) is 0 Å². The number of aryl methyl sites for hydroxylation is 1. The lowest BCUT2D eigenvalue weighted by molar-refractivity contribution is 0.298. The lowest BCUT2D eigenvalue weighted by Gasteiger charge is -2.05. The number of rotatable bonds is 4. The van der Waals surface area contributed by atoms with Gasteiger partial charge < -0.3 is 5.11 Å². The molecule has 0 unspecified atom stereocenters. The zero-order valence-corrected chi connectivity index (χ0v) is 11.6. The molecule has 3 rings (SSSR count). The SMILES string of the molecule is Cc1cccn2c(=O)cc(Cn3cc(CCO)nn3)nc12. The van der Waals surface area contributed by atoms with Crippen LogP contribution < -0.4 is 5.56 Å². The maximum Gasteiger partial charge on any atom is 0.258 e. The second-order valence-corrected chi connectivity index (χ2v) is 4.85. The van der Waals surface area contributed by atoms with Crippen molar-refractivity contribution >= 4 is 5.65 Å². The molecular weight excluding hydrogens is 270 g/mol. The Hall–Kier alpha value is -2.54. The summed E-state index contributed by atoms with van der Waals surface area (Å²) in [5, 5.41) is 16.8. The van der Waals surface area contributed by atoms with Crippen LogP contribution in [0, 0.1) is 6.92 Å². The Morgan fingerprint density at radius 3 is 3.00 bits per heavy atom. The number of hydrogen-bond donors (Lipinski definition) is 1. The van der Waals surface area contributed by atoms with Gasteiger partial charge in [-0.2, -0.15) is 0 Å². The molecule has 0 radical (unpaired) electrons. The van der Waals surface area contributed by atoms with E-state index >= 15 is 0 Å². The van der Waals surface area contributed by atoms with Crippen LogP contribution in [0.5, 0.6) is 0 Å². The van der Waals surface area contributed by atoms with E-state index in [2.05, 4.69) is 15.3 Å². The van der Waals surface area contributed by atoms with Crippen molar-refractivity contribution in [2.75, 3.05) is 6.61 Å². The molecule has 3 aromatic rings. The lowest BCUT2D eigenvalue weighted by Crippen LogP contribution is -2.17. The van der Waals surface area contributed by atoms with Gasteiger partial charge >= 0.3 is 0 Å². The molecule has 0 aliphatic carbocycles. The van der Waals surface area contributed by atoms with Crippen LogP contribution in [0.25, 0.3) is 5.65 Å². The minimum atomic E-state index is -0.116. The third-order valence-electron chi connectivity index (χ3n) is 3.22. The van der Waals surface area contributed by atoms with E-state index in [1.165, 1.54) is 10.5 Å². The van der Waals surface area contributed by atoms with E-state index in [4.69, 9.17) is 5.11 Å². The van der Waals surface area contributed by atoms with E-state index < -0.39 is 0 Å². The number of aliphatic hydroxyl groups excluding tert-OH is 1. The van der Waals surface area contributed by atoms with Gasteiger partial charge in [0.15, 0.2) is 0 Å². The van der Waals surface area contributed by atoms with Gasteiger partial charge in [0.05, 0.1) is 17.9 Å². The zero-order chi connectivity index (χ0) is 14.8. The van der Waals surface area contributed by atoms with E-state index in [9.17, 15) is 4.79 Å². The van der Waals surface area contributed by atoms with Crippen LogP contribution in [-0.2, 0) is 13.0 Å². The fourth-order valence-electron chi connectivity index (χ4n) is 2.20. The van der Waals surface area contributed by atoms with Crippen LogP contribution in [0.4, 0.5) is 0 Å². The Labute approximate surface area is 120 Å². The monoisotopic (exact) mass is 285 g/mol. The van der Waals surface area contributed by atoms with Crippen LogP contribution in [0.1, 0.15) is 17.0 Å². The Morgan fingerprint density at radius 2 is 2.19 bits per heavy atom. The number of pyridine rings is 1. The summed E-state index contributed by atoms with van der Waals surface area (Å²) >= 11 is 0. The van der Waals surface area contributed by atoms with Crippen molar-refractivity contribution in [3.63, 3.8) is 0 Å². The fourth-order valence-corrected chi connectivity index (χ4v) is 2.20. The van der Waals surface area contributed by atoms with Crippen molar-refractivity contribution in [1.82, 2.24) is 24.4 Å². The van der Waals surface area contributed by atoms with Crippen molar-refractivity contribution in [2.24, 2.45) is 0 Å². The van der Waals surface area contributed by atoms with Crippen LogP contribution in [0.15, 0.2) is 35.4 Å². The fraction of sp³-hybridized carbons (Fsp3) is 0.286. The van der Waals surface area contributed by atoms with Gasteiger partial charge in [0.2, 0.25) is 0 Å². The summed E-state index contributed by atoms with van der Waals surface area (Å²) in [4.78, 5) is 16.6. The molecule has 0 aliphatic heterocycles. The van der Waals surface area contributed by atoms with E-state index in [0.717, 1.165) is 5.56 Å². The predicted octanol–water partition coefficient (Wildman–Crippen LogP) is 0.178. The molecule has 0 bridgehead atoms. The average Bonchev–Trinajstić information content (AvgIpc) is 2.88. The predicted molar refractivity (Wildman–Crippen MR) is 76.1 cm³/mol. The van der Waals surface area contributed by atoms with Gasteiger partial charge in [-0.25, -0.2) is 9.67 Å². The Kier molecular flexibility index (Phi) is 3.49. The lowest BCUT2D eigenvalue weighted by atomic mass is 10.3. The first kappa shape index (κ1) is 13.4. The highest BCUT2D eigenvalue weighted by Crippen LogP contribution is 2.06. The molecule has 0 aliphatic rings. The van der Waals surface area contributed by atoms with Crippen LogP contribution in [0.3, 0.4) is 0 Å². The molecule has 3 heterocycles. The van der Waals surface area contributed by atoms with E-state index in [0.29, 0.717) is 30.0 Å². The third-order valence-corrected chi connectivity index (χ3v) is 3.22. The first-order valence-corrected chi connectivity index (χ1v) is 6.65. The molecule has 108 valence electrons. The van der Waals surface area contributed by atoms with Crippen molar-refractivity contribution in [3.05, 3.63) is 57.9 Å². The molecule has 0 atom stereocenters. The zero-order valence-electron chi connectivity index (χ0n) is 11.6. The smallest absolute Gasteiger partial charge is 0.258 e. The quantitative estimate of drug-likeness (QED) is 0.739. The maximum absolute atomic E-state index is 12.1. The second-order valence-electron chi connectivity index (χ2n) is 4.85. The normalized spacial score (nSPS) is 11.1. The number of aromatic nitrogens is 5. The minimum absolute atomic E-state index is 0.0352. The molecular formula is C14H15N5O2. The first-order valence-electron chi connectivity index (χ1n) is 6.65. The van der Waals surface area contributed by atoms with Crippen molar-refractivity contribution in [2.45, 2.75) is 19.9 Å². The number of aliphatic hydroxyl groups is 1. The molecule has 0 fully saturated rings. The summed E-state index contributed by atoms with van der Waals surface area (Å²) in [5.41, 5.74) is 2.82. The standard InChI is InChI=1S/C14H15N5O2/c1-10-3-2-5-19-13(21)7-12(15-14(10)19)9-18-8-11(4-6-20)16-17-18/h2-3,5,7-8,20H,4,6,9H2,1H3. The minimum Gasteiger partial charge on any atom is -0.396 e. The number of nitrogens with zero attached hydrogens (tertiary/aromatic N) is 5. The van der Waals surface area contributed by atoms with Gasteiger partial charge in [-0.1, -0.05) is 11.3 Å². The highest BCUT2D eigenvalue weighted by atomic mass is 16.3. The molecule has 0 aromatic carbocycles. The maximum atomic E-state index is 12.1. The van der Waals surface area contributed by atoms with Crippen molar-refractivity contribution < 1.29 is 5.11 Å². The molecule has 0 spiro atoms. The van der Waals surface area contributed by atoms with Gasteiger partial charge in [0.1, 0.15) is 5.65 Å². The van der Waals surface area contributed by atoms with Crippen LogP contribution in [-0.4, -0.2) is 36.1 Å². The molecule has 0 saturated carbocycles. The molecule has 0 amide bonds. The molecule has 1 N–H and O–H groups in total. The van der Waals surface area contributed by atoms with Gasteiger partial charge in [0, 0.05) is 31.5 Å². The van der Waals surface area contributed by atoms with Gasteiger partial charge in [0.25, 0.3) is 5.56 Å².